The molecule has 142 valence electrons. The predicted octanol–water partition coefficient (Wildman–Crippen LogP) is 1.68. The van der Waals surface area contributed by atoms with Crippen LogP contribution in [0.4, 0.5) is 4.79 Å². The Morgan fingerprint density at radius 3 is 2.52 bits per heavy atom. The SMILES string of the molecule is CCOC(=O)N1CCN(S(=O)(=O)c2oc(-c3ccccc3)nc2C#N)CC1. The molecule has 0 aliphatic carbocycles. The van der Waals surface area contributed by atoms with E-state index in [1.54, 1.807) is 43.3 Å². The van der Waals surface area contributed by atoms with Crippen LogP contribution in [0.25, 0.3) is 11.5 Å². The van der Waals surface area contributed by atoms with E-state index >= 15 is 0 Å². The Balaban J connectivity index is 1.83. The minimum Gasteiger partial charge on any atom is -0.450 e. The smallest absolute Gasteiger partial charge is 0.409 e. The summed E-state index contributed by atoms with van der Waals surface area (Å²) in [4.78, 5) is 17.2. The highest BCUT2D eigenvalue weighted by Gasteiger charge is 2.36. The number of oxazole rings is 1. The van der Waals surface area contributed by atoms with Crippen LogP contribution < -0.4 is 0 Å². The van der Waals surface area contributed by atoms with Crippen molar-refractivity contribution in [3.63, 3.8) is 0 Å². The zero-order valence-corrected chi connectivity index (χ0v) is 15.5. The van der Waals surface area contributed by atoms with Crippen molar-refractivity contribution in [1.29, 1.82) is 5.26 Å². The summed E-state index contributed by atoms with van der Waals surface area (Å²) in [5.41, 5.74) is 0.282. The van der Waals surface area contributed by atoms with E-state index in [-0.39, 0.29) is 44.4 Å². The van der Waals surface area contributed by atoms with E-state index in [4.69, 9.17) is 9.15 Å². The van der Waals surface area contributed by atoms with Crippen LogP contribution in [-0.4, -0.2) is 61.5 Å². The number of benzene rings is 1. The average molecular weight is 390 g/mol. The Morgan fingerprint density at radius 2 is 1.93 bits per heavy atom. The monoisotopic (exact) mass is 390 g/mol. The minimum absolute atomic E-state index is 0.0656. The van der Waals surface area contributed by atoms with Gasteiger partial charge in [0.1, 0.15) is 6.07 Å². The predicted molar refractivity (Wildman–Crippen MR) is 94.0 cm³/mol. The van der Waals surface area contributed by atoms with Crippen LogP contribution in [0.15, 0.2) is 39.8 Å². The van der Waals surface area contributed by atoms with Gasteiger partial charge in [0.15, 0.2) is 5.69 Å². The summed E-state index contributed by atoms with van der Waals surface area (Å²) in [5.74, 6) is 0.0656. The summed E-state index contributed by atoms with van der Waals surface area (Å²) >= 11 is 0. The molecule has 9 nitrogen and oxygen atoms in total. The van der Waals surface area contributed by atoms with Gasteiger partial charge in [-0.2, -0.15) is 14.6 Å². The summed E-state index contributed by atoms with van der Waals surface area (Å²) in [6.45, 7) is 2.50. The van der Waals surface area contributed by atoms with Gasteiger partial charge in [-0.05, 0) is 19.1 Å². The lowest BCUT2D eigenvalue weighted by Gasteiger charge is -2.32. The van der Waals surface area contributed by atoms with Crippen LogP contribution in [0, 0.1) is 11.3 Å². The molecule has 1 aliphatic heterocycles. The molecule has 3 rings (SSSR count). The number of sulfonamides is 1. The molecule has 2 heterocycles. The second kappa shape index (κ2) is 7.77. The van der Waals surface area contributed by atoms with E-state index in [0.29, 0.717) is 5.56 Å². The minimum atomic E-state index is -4.05. The number of nitrogens with zero attached hydrogens (tertiary/aromatic N) is 4. The fourth-order valence-electron chi connectivity index (χ4n) is 2.70. The third-order valence-corrected chi connectivity index (χ3v) is 5.85. The van der Waals surface area contributed by atoms with Crippen molar-refractivity contribution >= 4 is 16.1 Å². The molecule has 0 atom stereocenters. The summed E-state index contributed by atoms with van der Waals surface area (Å²) in [6.07, 6.45) is -0.474. The molecule has 27 heavy (non-hydrogen) atoms. The van der Waals surface area contributed by atoms with Gasteiger partial charge in [-0.15, -0.1) is 0 Å². The number of rotatable bonds is 4. The molecule has 1 saturated heterocycles. The summed E-state index contributed by atoms with van der Waals surface area (Å²) in [5, 5.41) is 8.81. The number of hydrogen-bond donors (Lipinski definition) is 0. The van der Waals surface area contributed by atoms with E-state index in [0.717, 1.165) is 0 Å². The highest BCUT2D eigenvalue weighted by Crippen LogP contribution is 2.27. The zero-order valence-electron chi connectivity index (χ0n) is 14.7. The van der Waals surface area contributed by atoms with Crippen molar-refractivity contribution in [3.8, 4) is 17.5 Å². The third kappa shape index (κ3) is 3.79. The summed E-state index contributed by atoms with van der Waals surface area (Å²) in [7, 11) is -4.05. The van der Waals surface area contributed by atoms with Gasteiger partial charge in [-0.25, -0.2) is 13.2 Å². The number of aromatic nitrogens is 1. The molecule has 2 aromatic rings. The maximum absolute atomic E-state index is 12.9. The van der Waals surface area contributed by atoms with Gasteiger partial charge in [-0.3, -0.25) is 0 Å². The highest BCUT2D eigenvalue weighted by atomic mass is 32.2. The van der Waals surface area contributed by atoms with Crippen molar-refractivity contribution in [2.24, 2.45) is 0 Å². The number of hydrogen-bond acceptors (Lipinski definition) is 7. The van der Waals surface area contributed by atoms with Gasteiger partial charge in [0.25, 0.3) is 15.1 Å². The van der Waals surface area contributed by atoms with E-state index in [1.165, 1.54) is 9.21 Å². The van der Waals surface area contributed by atoms with Crippen LogP contribution in [0.3, 0.4) is 0 Å². The molecule has 1 aromatic carbocycles. The van der Waals surface area contributed by atoms with Gasteiger partial charge < -0.3 is 14.1 Å². The van der Waals surface area contributed by atoms with E-state index in [9.17, 15) is 18.5 Å². The number of nitriles is 1. The Hall–Kier alpha value is -2.90. The average Bonchev–Trinajstić information content (AvgIpc) is 3.14. The van der Waals surface area contributed by atoms with Gasteiger partial charge in [0.05, 0.1) is 6.61 Å². The van der Waals surface area contributed by atoms with Crippen LogP contribution >= 0.6 is 0 Å². The molecule has 0 N–H and O–H groups in total. The molecule has 1 amide bonds. The van der Waals surface area contributed by atoms with Crippen molar-refractivity contribution in [1.82, 2.24) is 14.2 Å². The van der Waals surface area contributed by atoms with E-state index in [2.05, 4.69) is 4.98 Å². The maximum atomic E-state index is 12.9. The molecular weight excluding hydrogens is 372 g/mol. The van der Waals surface area contributed by atoms with Crippen LogP contribution in [0.5, 0.6) is 0 Å². The highest BCUT2D eigenvalue weighted by molar-refractivity contribution is 7.89. The molecular formula is C17H18N4O5S. The second-order valence-electron chi connectivity index (χ2n) is 5.72. The molecule has 0 spiro atoms. The van der Waals surface area contributed by atoms with E-state index in [1.807, 2.05) is 0 Å². The third-order valence-electron chi connectivity index (χ3n) is 4.06. The molecule has 0 radical (unpaired) electrons. The second-order valence-corrected chi connectivity index (χ2v) is 7.56. The molecule has 1 aromatic heterocycles. The standard InChI is InChI=1S/C17H18N4O5S/c1-2-25-17(22)20-8-10-21(11-9-20)27(23,24)16-14(12-18)19-15(26-16)13-6-4-3-5-7-13/h3-7H,2,8-11H2,1H3. The largest absolute Gasteiger partial charge is 0.450 e. The lowest BCUT2D eigenvalue weighted by molar-refractivity contribution is 0.0932. The van der Waals surface area contributed by atoms with Crippen LogP contribution in [0.2, 0.25) is 0 Å². The summed E-state index contributed by atoms with van der Waals surface area (Å²) < 4.78 is 37.4. The Labute approximate surface area is 156 Å². The van der Waals surface area contributed by atoms with Crippen LogP contribution in [-0.2, 0) is 14.8 Å². The molecule has 1 fully saturated rings. The lowest BCUT2D eigenvalue weighted by atomic mass is 10.2. The molecule has 10 heteroatoms. The van der Waals surface area contributed by atoms with Crippen LogP contribution in [0.1, 0.15) is 12.6 Å². The van der Waals surface area contributed by atoms with Crippen molar-refractivity contribution in [3.05, 3.63) is 36.0 Å². The molecule has 1 aliphatic rings. The first-order valence-corrected chi connectivity index (χ1v) is 9.79. The number of carbonyl (C=O) groups is 1. The maximum Gasteiger partial charge on any atom is 0.409 e. The fraction of sp³-hybridized carbons (Fsp3) is 0.353. The first-order chi connectivity index (χ1) is 13.0. The molecule has 0 bridgehead atoms. The van der Waals surface area contributed by atoms with Gasteiger partial charge >= 0.3 is 6.09 Å². The fourth-order valence-corrected chi connectivity index (χ4v) is 4.10. The quantitative estimate of drug-likeness (QED) is 0.779. The number of carbonyl (C=O) groups excluding carboxylic acids is 1. The topological polar surface area (TPSA) is 117 Å². The number of piperazine rings is 1. The van der Waals surface area contributed by atoms with Gasteiger partial charge in [0.2, 0.25) is 5.89 Å². The Morgan fingerprint density at radius 1 is 1.26 bits per heavy atom. The van der Waals surface area contributed by atoms with E-state index < -0.39 is 21.2 Å². The van der Waals surface area contributed by atoms with Gasteiger partial charge in [-0.1, -0.05) is 18.2 Å². The zero-order chi connectivity index (χ0) is 19.4. The Kier molecular flexibility index (Phi) is 5.43. The molecule has 0 saturated carbocycles. The first kappa shape index (κ1) is 18.9. The van der Waals surface area contributed by atoms with Crippen molar-refractivity contribution in [2.75, 3.05) is 32.8 Å². The van der Waals surface area contributed by atoms with Crippen molar-refractivity contribution < 1.29 is 22.4 Å². The molecule has 0 unspecified atom stereocenters. The summed E-state index contributed by atoms with van der Waals surface area (Å²) in [6, 6.07) is 10.5. The lowest BCUT2D eigenvalue weighted by Crippen LogP contribution is -2.50. The Bertz CT molecular complexity index is 957. The first-order valence-electron chi connectivity index (χ1n) is 8.35. The van der Waals surface area contributed by atoms with Gasteiger partial charge in [0, 0.05) is 31.7 Å². The van der Waals surface area contributed by atoms with Crippen molar-refractivity contribution in [2.45, 2.75) is 12.0 Å². The normalized spacial score (nSPS) is 15.3. The number of amides is 1. The number of ether oxygens (including phenoxy) is 1.